The molecule has 1 heterocycles. The number of aromatic amines is 1. The summed E-state index contributed by atoms with van der Waals surface area (Å²) in [6.45, 7) is 2.73. The molecular formula is C19H20N2O. The number of H-pyrrole nitrogens is 1. The smallest absolute Gasteiger partial charge is 0.181 e. The van der Waals surface area contributed by atoms with Crippen LogP contribution in [-0.2, 0) is 6.54 Å². The molecule has 0 aliphatic carbocycles. The fraction of sp³-hybridized carbons (Fsp3) is 0.211. The summed E-state index contributed by atoms with van der Waals surface area (Å²) in [6, 6.07) is 18.0. The molecule has 0 fully saturated rings. The van der Waals surface area contributed by atoms with E-state index in [4.69, 9.17) is 0 Å². The zero-order chi connectivity index (χ0) is 15.5. The quantitative estimate of drug-likeness (QED) is 0.725. The Morgan fingerprint density at radius 2 is 1.77 bits per heavy atom. The number of para-hydroxylation sites is 1. The lowest BCUT2D eigenvalue weighted by Gasteiger charge is -2.23. The molecule has 0 aliphatic rings. The Labute approximate surface area is 130 Å². The Bertz CT molecular complexity index is 776. The molecule has 1 aromatic heterocycles. The van der Waals surface area contributed by atoms with Crippen molar-refractivity contribution in [3.8, 4) is 0 Å². The predicted molar refractivity (Wildman–Crippen MR) is 90.0 cm³/mol. The molecule has 0 aliphatic heterocycles. The molecule has 0 amide bonds. The third-order valence-electron chi connectivity index (χ3n) is 4.17. The summed E-state index contributed by atoms with van der Waals surface area (Å²) >= 11 is 0. The summed E-state index contributed by atoms with van der Waals surface area (Å²) in [6.07, 6.45) is 1.82. The van der Waals surface area contributed by atoms with Crippen LogP contribution in [0.15, 0.2) is 60.8 Å². The van der Waals surface area contributed by atoms with Crippen molar-refractivity contribution >= 4 is 16.7 Å². The number of carbonyl (C=O) groups is 1. The molecule has 3 aromatic rings. The summed E-state index contributed by atoms with van der Waals surface area (Å²) in [5, 5.41) is 0.993. The molecule has 3 nitrogen and oxygen atoms in total. The van der Waals surface area contributed by atoms with Gasteiger partial charge in [-0.2, -0.15) is 0 Å². The van der Waals surface area contributed by atoms with Crippen molar-refractivity contribution < 1.29 is 4.79 Å². The molecule has 112 valence electrons. The minimum absolute atomic E-state index is 0.149. The van der Waals surface area contributed by atoms with Crippen molar-refractivity contribution in [2.75, 3.05) is 7.05 Å². The molecule has 0 saturated carbocycles. The lowest BCUT2D eigenvalue weighted by Crippen LogP contribution is -2.35. The number of likely N-dealkylation sites (N-methyl/N-ethyl adjacent to an activating group) is 1. The number of carbonyl (C=O) groups excluding carboxylic acids is 1. The molecule has 22 heavy (non-hydrogen) atoms. The Balaban J connectivity index is 1.79. The average molecular weight is 292 g/mol. The first-order valence-electron chi connectivity index (χ1n) is 7.51. The number of fused-ring (bicyclic) bond motifs is 1. The number of rotatable bonds is 5. The van der Waals surface area contributed by atoms with Crippen molar-refractivity contribution in [2.24, 2.45) is 0 Å². The van der Waals surface area contributed by atoms with Crippen molar-refractivity contribution in [2.45, 2.75) is 19.5 Å². The van der Waals surface area contributed by atoms with E-state index in [0.29, 0.717) is 0 Å². The van der Waals surface area contributed by atoms with Crippen LogP contribution in [0.4, 0.5) is 0 Å². The van der Waals surface area contributed by atoms with Crippen LogP contribution in [0.1, 0.15) is 22.8 Å². The van der Waals surface area contributed by atoms with Crippen LogP contribution >= 0.6 is 0 Å². The maximum Gasteiger partial charge on any atom is 0.181 e. The van der Waals surface area contributed by atoms with Gasteiger partial charge in [0.1, 0.15) is 0 Å². The van der Waals surface area contributed by atoms with E-state index in [1.165, 1.54) is 5.56 Å². The van der Waals surface area contributed by atoms with Crippen LogP contribution in [0.25, 0.3) is 10.9 Å². The van der Waals surface area contributed by atoms with Crippen LogP contribution < -0.4 is 0 Å². The van der Waals surface area contributed by atoms with Gasteiger partial charge in [-0.05, 0) is 25.6 Å². The summed E-state index contributed by atoms with van der Waals surface area (Å²) < 4.78 is 0. The van der Waals surface area contributed by atoms with E-state index in [9.17, 15) is 4.79 Å². The summed E-state index contributed by atoms with van der Waals surface area (Å²) in [5.41, 5.74) is 2.98. The van der Waals surface area contributed by atoms with Crippen LogP contribution in [0, 0.1) is 0 Å². The molecule has 0 spiro atoms. The molecule has 1 N–H and O–H groups in total. The third-order valence-corrected chi connectivity index (χ3v) is 4.17. The molecule has 0 unspecified atom stereocenters. The number of nitrogens with one attached hydrogen (secondary N) is 1. The van der Waals surface area contributed by atoms with Crippen molar-refractivity contribution in [3.05, 3.63) is 71.9 Å². The van der Waals surface area contributed by atoms with E-state index >= 15 is 0 Å². The highest BCUT2D eigenvalue weighted by Gasteiger charge is 2.22. The third kappa shape index (κ3) is 2.81. The van der Waals surface area contributed by atoms with E-state index in [1.807, 2.05) is 62.6 Å². The molecule has 3 heteroatoms. The van der Waals surface area contributed by atoms with Gasteiger partial charge in [0.25, 0.3) is 0 Å². The number of nitrogens with zero attached hydrogens (tertiary/aromatic N) is 1. The fourth-order valence-corrected chi connectivity index (χ4v) is 2.71. The van der Waals surface area contributed by atoms with Gasteiger partial charge < -0.3 is 4.98 Å². The van der Waals surface area contributed by atoms with Gasteiger partial charge >= 0.3 is 0 Å². The maximum absolute atomic E-state index is 12.8. The van der Waals surface area contributed by atoms with Gasteiger partial charge in [-0.3, -0.25) is 9.69 Å². The van der Waals surface area contributed by atoms with E-state index in [0.717, 1.165) is 23.0 Å². The highest BCUT2D eigenvalue weighted by Crippen LogP contribution is 2.20. The second-order valence-corrected chi connectivity index (χ2v) is 5.69. The Morgan fingerprint density at radius 1 is 1.09 bits per heavy atom. The molecule has 2 aromatic carbocycles. The number of ketones is 1. The molecule has 0 saturated heterocycles. The van der Waals surface area contributed by atoms with Gasteiger partial charge in [-0.1, -0.05) is 48.5 Å². The summed E-state index contributed by atoms with van der Waals surface area (Å²) in [7, 11) is 1.99. The maximum atomic E-state index is 12.8. The fourth-order valence-electron chi connectivity index (χ4n) is 2.71. The van der Waals surface area contributed by atoms with E-state index in [1.54, 1.807) is 0 Å². The first-order chi connectivity index (χ1) is 10.7. The van der Waals surface area contributed by atoms with Gasteiger partial charge in [0.15, 0.2) is 5.78 Å². The lowest BCUT2D eigenvalue weighted by atomic mass is 10.0. The SMILES string of the molecule is C[C@H](C(=O)c1c[nH]c2ccccc12)N(C)Cc1ccccc1. The summed E-state index contributed by atoms with van der Waals surface area (Å²) in [4.78, 5) is 18.0. The number of hydrogen-bond donors (Lipinski definition) is 1. The zero-order valence-corrected chi connectivity index (χ0v) is 12.9. The number of Topliss-reactive ketones (excluding diaryl/α,β-unsaturated/α-hetero) is 1. The Hall–Kier alpha value is -2.39. The van der Waals surface area contributed by atoms with Gasteiger partial charge in [0.2, 0.25) is 0 Å². The van der Waals surface area contributed by atoms with Crippen LogP contribution in [-0.4, -0.2) is 28.8 Å². The molecule has 0 radical (unpaired) electrons. The van der Waals surface area contributed by atoms with Crippen LogP contribution in [0.2, 0.25) is 0 Å². The molecule has 3 rings (SSSR count). The van der Waals surface area contributed by atoms with Crippen LogP contribution in [0.3, 0.4) is 0 Å². The van der Waals surface area contributed by atoms with E-state index < -0.39 is 0 Å². The standard InChI is InChI=1S/C19H20N2O/c1-14(21(2)13-15-8-4-3-5-9-15)19(22)17-12-20-18-11-7-6-10-16(17)18/h3-12,14,20H,13H2,1-2H3/t14-/m1/s1. The highest BCUT2D eigenvalue weighted by atomic mass is 16.1. The number of hydrogen-bond acceptors (Lipinski definition) is 2. The largest absolute Gasteiger partial charge is 0.360 e. The zero-order valence-electron chi connectivity index (χ0n) is 12.9. The first-order valence-corrected chi connectivity index (χ1v) is 7.51. The van der Waals surface area contributed by atoms with Crippen molar-refractivity contribution in [3.63, 3.8) is 0 Å². The number of benzene rings is 2. The van der Waals surface area contributed by atoms with Gasteiger partial charge in [0, 0.05) is 29.2 Å². The normalized spacial score (nSPS) is 12.7. The Kier molecular flexibility index (Phi) is 4.07. The van der Waals surface area contributed by atoms with Gasteiger partial charge in [-0.25, -0.2) is 0 Å². The predicted octanol–water partition coefficient (Wildman–Crippen LogP) is 3.87. The van der Waals surface area contributed by atoms with Crippen LogP contribution in [0.5, 0.6) is 0 Å². The van der Waals surface area contributed by atoms with E-state index in [-0.39, 0.29) is 11.8 Å². The first kappa shape index (κ1) is 14.5. The van der Waals surface area contributed by atoms with Gasteiger partial charge in [0.05, 0.1) is 6.04 Å². The topological polar surface area (TPSA) is 36.1 Å². The second kappa shape index (κ2) is 6.16. The molecular weight excluding hydrogens is 272 g/mol. The minimum atomic E-state index is -0.167. The number of aromatic nitrogens is 1. The molecule has 1 atom stereocenters. The Morgan fingerprint density at radius 3 is 2.55 bits per heavy atom. The summed E-state index contributed by atoms with van der Waals surface area (Å²) in [5.74, 6) is 0.149. The monoisotopic (exact) mass is 292 g/mol. The second-order valence-electron chi connectivity index (χ2n) is 5.69. The van der Waals surface area contributed by atoms with E-state index in [2.05, 4.69) is 22.0 Å². The van der Waals surface area contributed by atoms with Crippen molar-refractivity contribution in [1.82, 2.24) is 9.88 Å². The highest BCUT2D eigenvalue weighted by molar-refractivity contribution is 6.10. The van der Waals surface area contributed by atoms with Gasteiger partial charge in [-0.15, -0.1) is 0 Å². The minimum Gasteiger partial charge on any atom is -0.360 e. The van der Waals surface area contributed by atoms with Crippen molar-refractivity contribution in [1.29, 1.82) is 0 Å². The molecule has 0 bridgehead atoms. The average Bonchev–Trinajstić information content (AvgIpc) is 2.98. The lowest BCUT2D eigenvalue weighted by molar-refractivity contribution is 0.0864.